The van der Waals surface area contributed by atoms with E-state index < -0.39 is 23.5 Å². The van der Waals surface area contributed by atoms with Gasteiger partial charge in [-0.25, -0.2) is 4.98 Å². The number of nitrogens with one attached hydrogen (secondary N) is 1. The highest BCUT2D eigenvalue weighted by Gasteiger charge is 2.19. The lowest BCUT2D eigenvalue weighted by Gasteiger charge is -2.13. The number of nitrogens with zero attached hydrogens (tertiary/aromatic N) is 6. The van der Waals surface area contributed by atoms with Crippen molar-refractivity contribution in [1.29, 1.82) is 0 Å². The Hall–Kier alpha value is -4.25. The molecule has 4 aromatic rings. The molecule has 2 N–H and O–H groups in total. The lowest BCUT2D eigenvalue weighted by molar-refractivity contribution is 0.0920. The number of rotatable bonds is 6. The highest BCUT2D eigenvalue weighted by molar-refractivity contribution is 5.95. The maximum Gasteiger partial charge on any atom is 0.284 e. The minimum Gasteiger partial charge on any atom is -0.394 e. The van der Waals surface area contributed by atoms with Crippen LogP contribution in [0, 0.1) is 5.95 Å². The van der Waals surface area contributed by atoms with Crippen LogP contribution in [0.3, 0.4) is 0 Å². The number of aliphatic hydroxyl groups is 1. The van der Waals surface area contributed by atoms with Crippen LogP contribution < -0.4 is 10.9 Å². The first-order valence-electron chi connectivity index (χ1n) is 9.99. The molecule has 0 saturated heterocycles. The lowest BCUT2D eigenvalue weighted by atomic mass is 10.1. The Labute approximate surface area is 187 Å². The molecule has 0 aliphatic heterocycles. The summed E-state index contributed by atoms with van der Waals surface area (Å²) in [6, 6.07) is 7.09. The Morgan fingerprint density at radius 2 is 1.85 bits per heavy atom. The summed E-state index contributed by atoms with van der Waals surface area (Å²) in [5, 5.41) is 20.3. The third-order valence-electron chi connectivity index (χ3n) is 4.83. The predicted molar refractivity (Wildman–Crippen MR) is 117 cm³/mol. The molecule has 0 saturated carbocycles. The predicted octanol–water partition coefficient (Wildman–Crippen LogP) is 1.34. The van der Waals surface area contributed by atoms with E-state index in [4.69, 9.17) is 0 Å². The van der Waals surface area contributed by atoms with Crippen LogP contribution in [0.25, 0.3) is 28.2 Å². The van der Waals surface area contributed by atoms with Gasteiger partial charge in [0.05, 0.1) is 30.4 Å². The highest BCUT2D eigenvalue weighted by atomic mass is 19.1. The molecule has 0 fully saturated rings. The number of amides is 1. The molecule has 33 heavy (non-hydrogen) atoms. The molecule has 10 nitrogen and oxygen atoms in total. The molecule has 0 aromatic carbocycles. The number of halogens is 1. The zero-order valence-electron chi connectivity index (χ0n) is 17.8. The highest BCUT2D eigenvalue weighted by Crippen LogP contribution is 2.21. The van der Waals surface area contributed by atoms with Crippen molar-refractivity contribution in [2.75, 3.05) is 6.61 Å². The van der Waals surface area contributed by atoms with E-state index in [1.54, 1.807) is 38.4 Å². The number of aryl methyl sites for hydroxylation is 1. The van der Waals surface area contributed by atoms with Gasteiger partial charge in [-0.3, -0.25) is 19.3 Å². The van der Waals surface area contributed by atoms with E-state index in [1.165, 1.54) is 35.4 Å². The summed E-state index contributed by atoms with van der Waals surface area (Å²) in [5.74, 6) is -1.22. The molecule has 1 amide bonds. The average molecular weight is 449 g/mol. The third-order valence-corrected chi connectivity index (χ3v) is 4.83. The van der Waals surface area contributed by atoms with Crippen molar-refractivity contribution in [3.8, 4) is 28.2 Å². The summed E-state index contributed by atoms with van der Waals surface area (Å²) in [6.45, 7) is 1.34. The van der Waals surface area contributed by atoms with Crippen molar-refractivity contribution < 1.29 is 14.3 Å². The number of aromatic nitrogens is 6. The number of carbonyl (C=O) groups is 1. The van der Waals surface area contributed by atoms with Gasteiger partial charge in [0.2, 0.25) is 5.95 Å². The van der Waals surface area contributed by atoms with Gasteiger partial charge in [-0.1, -0.05) is 0 Å². The maximum absolute atomic E-state index is 13.1. The standard InChI is InChI=1S/C22H20FN7O3/c1-13(12-31)27-21(32)17-7-19(28-30(22(17)33)16-10-26-29(2)11-16)15-3-5-18(24-8-15)14-4-6-20(23)25-9-14/h3-11,13,31H,12H2,1-2H3,(H,27,32)/t13-/m0/s1. The summed E-state index contributed by atoms with van der Waals surface area (Å²) in [5.41, 5.74) is 1.70. The number of carbonyl (C=O) groups excluding carboxylic acids is 1. The molecule has 0 bridgehead atoms. The van der Waals surface area contributed by atoms with Crippen molar-refractivity contribution in [1.82, 2.24) is 34.8 Å². The second kappa shape index (κ2) is 9.09. The van der Waals surface area contributed by atoms with Crippen LogP contribution >= 0.6 is 0 Å². The van der Waals surface area contributed by atoms with Gasteiger partial charge in [-0.2, -0.15) is 19.3 Å². The second-order valence-corrected chi connectivity index (χ2v) is 7.39. The monoisotopic (exact) mass is 449 g/mol. The third kappa shape index (κ3) is 4.67. The molecule has 11 heteroatoms. The normalized spacial score (nSPS) is 11.9. The molecule has 0 aliphatic rings. The van der Waals surface area contributed by atoms with Crippen LogP contribution in [0.2, 0.25) is 0 Å². The van der Waals surface area contributed by atoms with E-state index in [2.05, 4.69) is 25.5 Å². The van der Waals surface area contributed by atoms with Gasteiger partial charge in [0.15, 0.2) is 0 Å². The Morgan fingerprint density at radius 3 is 2.45 bits per heavy atom. The van der Waals surface area contributed by atoms with E-state index >= 15 is 0 Å². The van der Waals surface area contributed by atoms with Gasteiger partial charge >= 0.3 is 0 Å². The zero-order valence-corrected chi connectivity index (χ0v) is 17.8. The topological polar surface area (TPSA) is 128 Å². The molecule has 0 aliphatic carbocycles. The van der Waals surface area contributed by atoms with E-state index in [0.29, 0.717) is 28.2 Å². The molecule has 4 rings (SSSR count). The quantitative estimate of drug-likeness (QED) is 0.425. The van der Waals surface area contributed by atoms with E-state index in [9.17, 15) is 19.1 Å². The molecule has 4 heterocycles. The Morgan fingerprint density at radius 1 is 1.12 bits per heavy atom. The molecule has 0 radical (unpaired) electrons. The van der Waals surface area contributed by atoms with Crippen LogP contribution in [0.15, 0.2) is 59.9 Å². The number of hydrogen-bond donors (Lipinski definition) is 2. The van der Waals surface area contributed by atoms with Crippen LogP contribution in [0.1, 0.15) is 17.3 Å². The fourth-order valence-electron chi connectivity index (χ4n) is 3.08. The fraction of sp³-hybridized carbons (Fsp3) is 0.182. The SMILES string of the molecule is C[C@@H](CO)NC(=O)c1cc(-c2ccc(-c3ccc(F)nc3)nc2)nn(-c2cnn(C)c2)c1=O. The van der Waals surface area contributed by atoms with Gasteiger partial charge in [0.25, 0.3) is 11.5 Å². The van der Waals surface area contributed by atoms with Crippen molar-refractivity contribution >= 4 is 5.91 Å². The second-order valence-electron chi connectivity index (χ2n) is 7.39. The van der Waals surface area contributed by atoms with Crippen LogP contribution in [-0.4, -0.2) is 53.2 Å². The summed E-state index contributed by atoms with van der Waals surface area (Å²) in [6.07, 6.45) is 5.97. The molecule has 4 aromatic heterocycles. The van der Waals surface area contributed by atoms with Crippen molar-refractivity contribution in [3.05, 3.63) is 77.0 Å². The summed E-state index contributed by atoms with van der Waals surface area (Å²) in [7, 11) is 1.70. The van der Waals surface area contributed by atoms with Gasteiger partial charge in [-0.05, 0) is 37.3 Å². The molecule has 168 valence electrons. The van der Waals surface area contributed by atoms with Crippen LogP contribution in [0.4, 0.5) is 4.39 Å². The largest absolute Gasteiger partial charge is 0.394 e. The number of hydrogen-bond acceptors (Lipinski definition) is 7. The van der Waals surface area contributed by atoms with Crippen molar-refractivity contribution in [3.63, 3.8) is 0 Å². The number of aliphatic hydroxyl groups excluding tert-OH is 1. The number of pyridine rings is 2. The van der Waals surface area contributed by atoms with E-state index in [-0.39, 0.29) is 12.2 Å². The fourth-order valence-corrected chi connectivity index (χ4v) is 3.08. The molecule has 1 atom stereocenters. The minimum absolute atomic E-state index is 0.143. The molecule has 0 unspecified atom stereocenters. The van der Waals surface area contributed by atoms with Gasteiger partial charge in [0.1, 0.15) is 11.3 Å². The van der Waals surface area contributed by atoms with Crippen molar-refractivity contribution in [2.24, 2.45) is 7.05 Å². The smallest absolute Gasteiger partial charge is 0.284 e. The Balaban J connectivity index is 1.78. The summed E-state index contributed by atoms with van der Waals surface area (Å²) in [4.78, 5) is 33.8. The minimum atomic E-state index is -0.634. The Kier molecular flexibility index (Phi) is 6.05. The maximum atomic E-state index is 13.1. The van der Waals surface area contributed by atoms with Gasteiger partial charge < -0.3 is 10.4 Å². The summed E-state index contributed by atoms with van der Waals surface area (Å²) >= 11 is 0. The zero-order chi connectivity index (χ0) is 23.5. The molecule has 0 spiro atoms. The Bertz CT molecular complexity index is 1350. The molecular formula is C22H20FN7O3. The van der Waals surface area contributed by atoms with Crippen LogP contribution in [0.5, 0.6) is 0 Å². The van der Waals surface area contributed by atoms with E-state index in [0.717, 1.165) is 4.68 Å². The lowest BCUT2D eigenvalue weighted by Crippen LogP contribution is -2.39. The summed E-state index contributed by atoms with van der Waals surface area (Å²) < 4.78 is 15.7. The first kappa shape index (κ1) is 22.0. The average Bonchev–Trinajstić information content (AvgIpc) is 3.25. The van der Waals surface area contributed by atoms with E-state index in [1.807, 2.05) is 0 Å². The first-order chi connectivity index (χ1) is 15.9. The first-order valence-corrected chi connectivity index (χ1v) is 9.99. The molecular weight excluding hydrogens is 429 g/mol. The van der Waals surface area contributed by atoms with Crippen molar-refractivity contribution in [2.45, 2.75) is 13.0 Å². The van der Waals surface area contributed by atoms with Gasteiger partial charge in [-0.15, -0.1) is 0 Å². The van der Waals surface area contributed by atoms with Gasteiger partial charge in [0, 0.05) is 36.6 Å². The van der Waals surface area contributed by atoms with Crippen LogP contribution in [-0.2, 0) is 7.05 Å².